The van der Waals surface area contributed by atoms with E-state index in [0.717, 1.165) is 44.5 Å². The molecule has 1 saturated heterocycles. The molecule has 1 saturated carbocycles. The molecule has 1 aromatic carbocycles. The highest BCUT2D eigenvalue weighted by Crippen LogP contribution is 2.36. The van der Waals surface area contributed by atoms with Crippen molar-refractivity contribution in [2.75, 3.05) is 45.7 Å². The first kappa shape index (κ1) is 30.6. The summed E-state index contributed by atoms with van der Waals surface area (Å²) in [5, 5.41) is 3.50. The Kier molecular flexibility index (Phi) is 10.4. The van der Waals surface area contributed by atoms with Crippen LogP contribution in [0.25, 0.3) is 10.3 Å². The van der Waals surface area contributed by atoms with Crippen LogP contribution >= 0.6 is 23.7 Å². The molecule has 40 heavy (non-hydrogen) atoms. The molecule has 0 bridgehead atoms. The van der Waals surface area contributed by atoms with Crippen LogP contribution in [0.15, 0.2) is 41.3 Å². The first-order chi connectivity index (χ1) is 18.8. The largest absolute Gasteiger partial charge is 0.481 e. The first-order valence-corrected chi connectivity index (χ1v) is 16.0. The molecule has 1 aliphatic carbocycles. The summed E-state index contributed by atoms with van der Waals surface area (Å²) in [6, 6.07) is 10.4. The smallest absolute Gasteiger partial charge is 0.242 e. The monoisotopic (exact) mass is 607 g/mol. The van der Waals surface area contributed by atoms with Crippen LogP contribution < -0.4 is 10.1 Å². The highest BCUT2D eigenvalue weighted by molar-refractivity contribution is 7.89. The number of sulfonamides is 1. The molecule has 1 aliphatic heterocycles. The first-order valence-electron chi connectivity index (χ1n) is 13.7. The van der Waals surface area contributed by atoms with Crippen LogP contribution in [0.2, 0.25) is 0 Å². The standard InChI is InChI=1S/C28H37N5O4S2.ClH/c1-32(17-18-33-15-5-6-16-33)39(35,36)22-11-9-21(10-12-22)23(19-20-7-3-4-8-20)26(34)31-28-29-24-13-14-25(37-2)30-27(24)38-28;/h9-14,20,23H,3-8,15-19H2,1-2H3,(H,29,31,34);1H. The molecule has 5 rings (SSSR count). The van der Waals surface area contributed by atoms with Crippen LogP contribution in [0.4, 0.5) is 5.13 Å². The summed E-state index contributed by atoms with van der Waals surface area (Å²) in [4.78, 5) is 25.8. The van der Waals surface area contributed by atoms with Gasteiger partial charge in [-0.15, -0.1) is 12.4 Å². The van der Waals surface area contributed by atoms with Gasteiger partial charge in [-0.2, -0.15) is 4.31 Å². The van der Waals surface area contributed by atoms with E-state index in [1.807, 2.05) is 6.07 Å². The van der Waals surface area contributed by atoms with Crippen molar-refractivity contribution in [1.82, 2.24) is 19.2 Å². The number of likely N-dealkylation sites (tertiary alicyclic amines) is 1. The number of thiazole rings is 1. The predicted molar refractivity (Wildman–Crippen MR) is 161 cm³/mol. The number of rotatable bonds is 11. The molecule has 1 amide bonds. The van der Waals surface area contributed by atoms with Crippen molar-refractivity contribution < 1.29 is 17.9 Å². The normalized spacial score (nSPS) is 17.3. The Morgan fingerprint density at radius 3 is 2.48 bits per heavy atom. The van der Waals surface area contributed by atoms with Crippen LogP contribution in [0.5, 0.6) is 5.88 Å². The minimum Gasteiger partial charge on any atom is -0.481 e. The Hall–Kier alpha value is -2.31. The van der Waals surface area contributed by atoms with Crippen molar-refractivity contribution in [1.29, 1.82) is 0 Å². The lowest BCUT2D eigenvalue weighted by Gasteiger charge is -2.22. The number of hydrogen-bond acceptors (Lipinski definition) is 8. The van der Waals surface area contributed by atoms with Gasteiger partial charge in [0.1, 0.15) is 10.3 Å². The van der Waals surface area contributed by atoms with Gasteiger partial charge in [0.05, 0.1) is 17.9 Å². The number of ether oxygens (including phenoxy) is 1. The number of halogens is 1. The fourth-order valence-corrected chi connectivity index (χ4v) is 7.59. The summed E-state index contributed by atoms with van der Waals surface area (Å²) in [5.74, 6) is 0.445. The summed E-state index contributed by atoms with van der Waals surface area (Å²) in [6.07, 6.45) is 7.68. The SMILES string of the molecule is COc1ccc2nc(NC(=O)C(CC3CCCC3)c3ccc(S(=O)(=O)N(C)CCN4CCCC4)cc3)sc2n1.Cl. The zero-order valence-electron chi connectivity index (χ0n) is 23.0. The molecule has 12 heteroatoms. The van der Waals surface area contributed by atoms with Crippen molar-refractivity contribution in [2.24, 2.45) is 5.92 Å². The summed E-state index contributed by atoms with van der Waals surface area (Å²) in [5.41, 5.74) is 1.52. The van der Waals surface area contributed by atoms with Crippen LogP contribution in [0.1, 0.15) is 56.4 Å². The predicted octanol–water partition coefficient (Wildman–Crippen LogP) is 5.14. The number of fused-ring (bicyclic) bond motifs is 1. The molecule has 218 valence electrons. The molecule has 1 atom stereocenters. The quantitative estimate of drug-likeness (QED) is 0.322. The number of aromatic nitrogens is 2. The van der Waals surface area contributed by atoms with E-state index in [4.69, 9.17) is 4.74 Å². The number of amides is 1. The van der Waals surface area contributed by atoms with Crippen molar-refractivity contribution in [3.05, 3.63) is 42.0 Å². The second-order valence-electron chi connectivity index (χ2n) is 10.6. The minimum atomic E-state index is -3.60. The van der Waals surface area contributed by atoms with Crippen molar-refractivity contribution in [3.63, 3.8) is 0 Å². The number of benzene rings is 1. The van der Waals surface area contributed by atoms with E-state index in [9.17, 15) is 13.2 Å². The lowest BCUT2D eigenvalue weighted by molar-refractivity contribution is -0.118. The Morgan fingerprint density at radius 2 is 1.80 bits per heavy atom. The molecular formula is C28H38ClN5O4S2. The number of anilines is 1. The van der Waals surface area contributed by atoms with Gasteiger partial charge < -0.3 is 15.0 Å². The Labute approximate surface area is 246 Å². The third-order valence-electron chi connectivity index (χ3n) is 7.95. The summed E-state index contributed by atoms with van der Waals surface area (Å²) in [6.45, 7) is 3.27. The zero-order valence-corrected chi connectivity index (χ0v) is 25.5. The molecule has 9 nitrogen and oxygen atoms in total. The number of methoxy groups -OCH3 is 1. The lowest BCUT2D eigenvalue weighted by Crippen LogP contribution is -2.35. The fraction of sp³-hybridized carbons (Fsp3) is 0.536. The summed E-state index contributed by atoms with van der Waals surface area (Å²) >= 11 is 1.31. The molecule has 0 spiro atoms. The van der Waals surface area contributed by atoms with Gasteiger partial charge in [-0.1, -0.05) is 49.2 Å². The Balaban J connectivity index is 0.00000370. The van der Waals surface area contributed by atoms with Gasteiger partial charge in [-0.25, -0.2) is 18.4 Å². The number of carbonyl (C=O) groups excluding carboxylic acids is 1. The van der Waals surface area contributed by atoms with Gasteiger partial charge in [-0.3, -0.25) is 4.79 Å². The van der Waals surface area contributed by atoms with Crippen LogP contribution in [0.3, 0.4) is 0 Å². The van der Waals surface area contributed by atoms with E-state index in [-0.39, 0.29) is 23.2 Å². The number of pyridine rings is 1. The molecule has 3 heterocycles. The van der Waals surface area contributed by atoms with E-state index >= 15 is 0 Å². The number of hydrogen-bond donors (Lipinski definition) is 1. The number of likely N-dealkylation sites (N-methyl/N-ethyl adjacent to an activating group) is 1. The lowest BCUT2D eigenvalue weighted by atomic mass is 9.87. The van der Waals surface area contributed by atoms with Gasteiger partial charge >= 0.3 is 0 Å². The highest BCUT2D eigenvalue weighted by atomic mass is 35.5. The van der Waals surface area contributed by atoms with E-state index in [1.54, 1.807) is 44.5 Å². The highest BCUT2D eigenvalue weighted by Gasteiger charge is 2.29. The molecule has 3 aromatic rings. The van der Waals surface area contributed by atoms with E-state index in [0.29, 0.717) is 33.8 Å². The Bertz CT molecular complexity index is 1390. The number of nitrogens with zero attached hydrogens (tertiary/aromatic N) is 4. The average Bonchev–Trinajstić information content (AvgIpc) is 3.72. The van der Waals surface area contributed by atoms with Crippen molar-refractivity contribution >= 4 is 55.2 Å². The van der Waals surface area contributed by atoms with Crippen LogP contribution in [0, 0.1) is 5.92 Å². The molecule has 0 radical (unpaired) electrons. The Morgan fingerprint density at radius 1 is 1.10 bits per heavy atom. The van der Waals surface area contributed by atoms with Gasteiger partial charge in [0.2, 0.25) is 21.8 Å². The summed E-state index contributed by atoms with van der Waals surface area (Å²) in [7, 11) is -0.403. The maximum Gasteiger partial charge on any atom is 0.242 e. The molecule has 1 unspecified atom stereocenters. The third-order valence-corrected chi connectivity index (χ3v) is 10.7. The molecule has 2 fully saturated rings. The van der Waals surface area contributed by atoms with Gasteiger partial charge in [0.15, 0.2) is 5.13 Å². The number of carbonyl (C=O) groups is 1. The molecule has 2 aliphatic rings. The van der Waals surface area contributed by atoms with Crippen LogP contribution in [-0.2, 0) is 14.8 Å². The van der Waals surface area contributed by atoms with E-state index in [2.05, 4.69) is 20.2 Å². The topological polar surface area (TPSA) is 105 Å². The zero-order chi connectivity index (χ0) is 27.4. The van der Waals surface area contributed by atoms with Gasteiger partial charge in [0, 0.05) is 26.2 Å². The fourth-order valence-electron chi connectivity index (χ4n) is 5.59. The maximum absolute atomic E-state index is 13.6. The molecular weight excluding hydrogens is 570 g/mol. The molecule has 2 aromatic heterocycles. The van der Waals surface area contributed by atoms with Gasteiger partial charge in [-0.05, 0) is 62.0 Å². The van der Waals surface area contributed by atoms with E-state index < -0.39 is 15.9 Å². The average molecular weight is 608 g/mol. The second-order valence-corrected chi connectivity index (χ2v) is 13.6. The second kappa shape index (κ2) is 13.6. The summed E-state index contributed by atoms with van der Waals surface area (Å²) < 4.78 is 33.0. The maximum atomic E-state index is 13.6. The van der Waals surface area contributed by atoms with Crippen molar-refractivity contribution in [3.8, 4) is 5.88 Å². The molecule has 1 N–H and O–H groups in total. The minimum absolute atomic E-state index is 0. The van der Waals surface area contributed by atoms with Crippen molar-refractivity contribution in [2.45, 2.75) is 55.8 Å². The van der Waals surface area contributed by atoms with E-state index in [1.165, 1.54) is 41.3 Å². The van der Waals surface area contributed by atoms with Crippen LogP contribution in [-0.4, -0.2) is 73.8 Å². The third kappa shape index (κ3) is 7.12. The van der Waals surface area contributed by atoms with Gasteiger partial charge in [0.25, 0.3) is 0 Å². The number of nitrogens with one attached hydrogen (secondary N) is 1.